The predicted octanol–water partition coefficient (Wildman–Crippen LogP) is 18.7. The van der Waals surface area contributed by atoms with Crippen molar-refractivity contribution in [2.75, 3.05) is 13.2 Å². The number of hydrogen-bond donors (Lipinski definition) is 0. The zero-order valence-electron chi connectivity index (χ0n) is 43.1. The minimum absolute atomic E-state index is 0.0716. The summed E-state index contributed by atoms with van der Waals surface area (Å²) in [6.45, 7) is 6.62. The van der Waals surface area contributed by atoms with Gasteiger partial charge in [0.15, 0.2) is 6.10 Å². The lowest BCUT2D eigenvalue weighted by molar-refractivity contribution is -0.167. The van der Waals surface area contributed by atoms with E-state index in [1.807, 2.05) is 0 Å². The van der Waals surface area contributed by atoms with Gasteiger partial charge in [-0.15, -0.1) is 0 Å². The number of rotatable bonds is 52. The lowest BCUT2D eigenvalue weighted by Crippen LogP contribution is -2.30. The molecule has 0 fully saturated rings. The van der Waals surface area contributed by atoms with E-state index in [0.29, 0.717) is 19.3 Å². The summed E-state index contributed by atoms with van der Waals surface area (Å²) in [6.07, 6.45) is 61.9. The minimum atomic E-state index is -0.770. The summed E-state index contributed by atoms with van der Waals surface area (Å²) >= 11 is 0. The molecule has 0 aromatic heterocycles. The summed E-state index contributed by atoms with van der Waals surface area (Å²) in [7, 11) is 0. The van der Waals surface area contributed by atoms with Crippen LogP contribution in [0.2, 0.25) is 0 Å². The van der Waals surface area contributed by atoms with Gasteiger partial charge in [0.2, 0.25) is 0 Å². The number of esters is 3. The Kier molecular flexibility index (Phi) is 51.7. The van der Waals surface area contributed by atoms with Crippen LogP contribution < -0.4 is 0 Å². The summed E-state index contributed by atoms with van der Waals surface area (Å²) in [5.41, 5.74) is 0. The molecule has 0 saturated carbocycles. The smallest absolute Gasteiger partial charge is 0.306 e. The highest BCUT2D eigenvalue weighted by Gasteiger charge is 2.19. The first-order valence-corrected chi connectivity index (χ1v) is 28.3. The summed E-state index contributed by atoms with van der Waals surface area (Å²) in [5.74, 6) is -0.872. The number of carbonyl (C=O) groups is 3. The van der Waals surface area contributed by atoms with E-state index in [2.05, 4.69) is 45.1 Å². The van der Waals surface area contributed by atoms with Crippen LogP contribution in [0.3, 0.4) is 0 Å². The highest BCUT2D eigenvalue weighted by molar-refractivity contribution is 5.71. The van der Waals surface area contributed by atoms with E-state index in [1.54, 1.807) is 0 Å². The average molecular weight is 901 g/mol. The molecule has 6 heteroatoms. The molecule has 64 heavy (non-hydrogen) atoms. The van der Waals surface area contributed by atoms with Gasteiger partial charge in [-0.3, -0.25) is 14.4 Å². The van der Waals surface area contributed by atoms with E-state index in [4.69, 9.17) is 14.2 Å². The normalized spacial score (nSPS) is 12.1. The monoisotopic (exact) mass is 901 g/mol. The molecular formula is C58H108O6. The molecule has 1 unspecified atom stereocenters. The Morgan fingerprint density at radius 3 is 0.781 bits per heavy atom. The van der Waals surface area contributed by atoms with Gasteiger partial charge in [0.25, 0.3) is 0 Å². The van der Waals surface area contributed by atoms with Gasteiger partial charge in [0.05, 0.1) is 0 Å². The quantitative estimate of drug-likeness (QED) is 0.0262. The second-order valence-corrected chi connectivity index (χ2v) is 19.2. The van der Waals surface area contributed by atoms with E-state index in [-0.39, 0.29) is 31.1 Å². The maximum Gasteiger partial charge on any atom is 0.306 e. The van der Waals surface area contributed by atoms with E-state index in [9.17, 15) is 14.4 Å². The lowest BCUT2D eigenvalue weighted by Gasteiger charge is -2.18. The number of allylic oxidation sites excluding steroid dienone is 4. The Hall–Kier alpha value is -2.11. The first-order valence-electron chi connectivity index (χ1n) is 28.3. The molecule has 0 bridgehead atoms. The van der Waals surface area contributed by atoms with Crippen molar-refractivity contribution >= 4 is 17.9 Å². The summed E-state index contributed by atoms with van der Waals surface area (Å²) in [4.78, 5) is 37.9. The first kappa shape index (κ1) is 61.9. The average Bonchev–Trinajstić information content (AvgIpc) is 3.29. The van der Waals surface area contributed by atoms with Crippen LogP contribution in [0.25, 0.3) is 0 Å². The van der Waals surface area contributed by atoms with Crippen molar-refractivity contribution in [2.24, 2.45) is 0 Å². The Balaban J connectivity index is 4.14. The van der Waals surface area contributed by atoms with Crippen molar-refractivity contribution in [3.63, 3.8) is 0 Å². The molecule has 0 aliphatic heterocycles. The zero-order valence-corrected chi connectivity index (χ0v) is 43.1. The van der Waals surface area contributed by atoms with Crippen LogP contribution in [-0.2, 0) is 28.6 Å². The van der Waals surface area contributed by atoms with Gasteiger partial charge >= 0.3 is 17.9 Å². The second-order valence-electron chi connectivity index (χ2n) is 19.2. The van der Waals surface area contributed by atoms with Gasteiger partial charge in [-0.1, -0.05) is 244 Å². The Bertz CT molecular complexity index is 1040. The van der Waals surface area contributed by atoms with Gasteiger partial charge in [-0.25, -0.2) is 0 Å². The minimum Gasteiger partial charge on any atom is -0.462 e. The van der Waals surface area contributed by atoms with Crippen molar-refractivity contribution in [3.05, 3.63) is 24.3 Å². The molecule has 6 nitrogen and oxygen atoms in total. The van der Waals surface area contributed by atoms with Gasteiger partial charge in [0.1, 0.15) is 13.2 Å². The number of hydrogen-bond acceptors (Lipinski definition) is 6. The first-order chi connectivity index (χ1) is 31.5. The van der Waals surface area contributed by atoms with Crippen LogP contribution in [0.15, 0.2) is 24.3 Å². The molecule has 1 atom stereocenters. The fourth-order valence-electron chi connectivity index (χ4n) is 8.37. The molecule has 0 aromatic carbocycles. The van der Waals surface area contributed by atoms with E-state index in [1.165, 1.54) is 205 Å². The number of carbonyl (C=O) groups excluding carboxylic acids is 3. The van der Waals surface area contributed by atoms with Crippen LogP contribution in [0.5, 0.6) is 0 Å². The van der Waals surface area contributed by atoms with E-state index < -0.39 is 6.10 Å². The predicted molar refractivity (Wildman–Crippen MR) is 275 cm³/mol. The highest BCUT2D eigenvalue weighted by Crippen LogP contribution is 2.16. The molecule has 0 rings (SSSR count). The molecule has 0 radical (unpaired) electrons. The van der Waals surface area contributed by atoms with Crippen molar-refractivity contribution in [1.82, 2.24) is 0 Å². The summed E-state index contributed by atoms with van der Waals surface area (Å²) in [6, 6.07) is 0. The Morgan fingerprint density at radius 2 is 0.516 bits per heavy atom. The molecule has 0 N–H and O–H groups in total. The lowest BCUT2D eigenvalue weighted by atomic mass is 10.0. The molecule has 0 aliphatic carbocycles. The van der Waals surface area contributed by atoms with Gasteiger partial charge in [0, 0.05) is 19.3 Å². The standard InChI is InChI=1S/C58H108O6/c1-4-7-10-13-16-18-20-22-24-26-27-28-29-30-31-32-34-35-37-39-42-45-48-51-57(60)63-54-55(53-62-56(59)50-47-44-41-15-12-9-6-3)64-58(61)52-49-46-43-40-38-36-33-25-23-21-19-17-14-11-8-5-2/h25-27,33,55H,4-24,28-32,34-54H2,1-3H3/b27-26-,33-25-. The summed E-state index contributed by atoms with van der Waals surface area (Å²) < 4.78 is 16.8. The van der Waals surface area contributed by atoms with Gasteiger partial charge in [-0.05, 0) is 70.6 Å². The molecule has 0 saturated heterocycles. The van der Waals surface area contributed by atoms with Crippen molar-refractivity contribution in [3.8, 4) is 0 Å². The summed E-state index contributed by atoms with van der Waals surface area (Å²) in [5, 5.41) is 0. The van der Waals surface area contributed by atoms with Gasteiger partial charge < -0.3 is 14.2 Å². The molecule has 0 heterocycles. The third kappa shape index (κ3) is 50.9. The molecule has 0 amide bonds. The molecular weight excluding hydrogens is 793 g/mol. The van der Waals surface area contributed by atoms with Crippen LogP contribution in [0.4, 0.5) is 0 Å². The molecule has 0 aromatic rings. The molecule has 0 aliphatic rings. The third-order valence-electron chi connectivity index (χ3n) is 12.7. The SMILES string of the molecule is CCCCCCCCC/C=C\CCCCCCCC(=O)OC(COC(=O)CCCCCCCCC)COC(=O)CCCCCCCCCCCCC/C=C\CCCCCCCCCC. The van der Waals surface area contributed by atoms with Crippen molar-refractivity contribution in [2.45, 2.75) is 316 Å². The fraction of sp³-hybridized carbons (Fsp3) is 0.879. The fourth-order valence-corrected chi connectivity index (χ4v) is 8.37. The maximum atomic E-state index is 12.8. The largest absolute Gasteiger partial charge is 0.462 e. The Morgan fingerprint density at radius 1 is 0.297 bits per heavy atom. The van der Waals surface area contributed by atoms with Crippen molar-refractivity contribution in [1.29, 1.82) is 0 Å². The van der Waals surface area contributed by atoms with Crippen LogP contribution >= 0.6 is 0 Å². The maximum absolute atomic E-state index is 12.8. The molecule has 376 valence electrons. The van der Waals surface area contributed by atoms with Crippen LogP contribution in [0.1, 0.15) is 310 Å². The topological polar surface area (TPSA) is 78.9 Å². The number of unbranched alkanes of at least 4 members (excludes halogenated alkanes) is 37. The van der Waals surface area contributed by atoms with Crippen molar-refractivity contribution < 1.29 is 28.6 Å². The second kappa shape index (κ2) is 53.5. The van der Waals surface area contributed by atoms with E-state index in [0.717, 1.165) is 64.2 Å². The number of ether oxygens (including phenoxy) is 3. The third-order valence-corrected chi connectivity index (χ3v) is 12.7. The van der Waals surface area contributed by atoms with Crippen LogP contribution in [0, 0.1) is 0 Å². The zero-order chi connectivity index (χ0) is 46.5. The Labute approximate surface area is 398 Å². The van der Waals surface area contributed by atoms with E-state index >= 15 is 0 Å². The highest BCUT2D eigenvalue weighted by atomic mass is 16.6. The molecule has 0 spiro atoms. The van der Waals surface area contributed by atoms with Gasteiger partial charge in [-0.2, -0.15) is 0 Å². The van der Waals surface area contributed by atoms with Crippen LogP contribution in [-0.4, -0.2) is 37.2 Å².